The lowest BCUT2D eigenvalue weighted by molar-refractivity contribution is -0.144. The van der Waals surface area contributed by atoms with Gasteiger partial charge in [-0.25, -0.2) is 0 Å². The van der Waals surface area contributed by atoms with Crippen LogP contribution < -0.4 is 0 Å². The summed E-state index contributed by atoms with van der Waals surface area (Å²) < 4.78 is 21.5. The van der Waals surface area contributed by atoms with Gasteiger partial charge in [0.1, 0.15) is 0 Å². The van der Waals surface area contributed by atoms with Gasteiger partial charge >= 0.3 is 5.97 Å². The molecule has 26 heavy (non-hydrogen) atoms. The van der Waals surface area contributed by atoms with Gasteiger partial charge in [0.15, 0.2) is 0 Å². The van der Waals surface area contributed by atoms with Crippen molar-refractivity contribution in [2.24, 2.45) is 5.92 Å². The van der Waals surface area contributed by atoms with Crippen molar-refractivity contribution in [3.05, 3.63) is 0 Å². The van der Waals surface area contributed by atoms with E-state index in [-0.39, 0.29) is 5.97 Å². The summed E-state index contributed by atoms with van der Waals surface area (Å²) in [7, 11) is 0. The Morgan fingerprint density at radius 3 is 1.92 bits per heavy atom. The van der Waals surface area contributed by atoms with E-state index in [1.54, 1.807) is 0 Å². The van der Waals surface area contributed by atoms with Crippen LogP contribution in [0.4, 0.5) is 0 Å². The quantitative estimate of drug-likeness (QED) is 0.227. The van der Waals surface area contributed by atoms with Gasteiger partial charge in [-0.1, -0.05) is 59.3 Å². The molecule has 0 aromatic heterocycles. The minimum atomic E-state index is -0.113. The summed E-state index contributed by atoms with van der Waals surface area (Å²) in [4.78, 5) is 11.6. The van der Waals surface area contributed by atoms with Crippen LogP contribution in [0.3, 0.4) is 0 Å². The standard InChI is InChI=1S/C21H42O5/c1-4-5-6-7-8-9-10-14-26-21(22)12-11-13-23-15-16-24-17-18-25-19-20(2)3/h20H,4-19H2,1-3H3. The van der Waals surface area contributed by atoms with Crippen molar-refractivity contribution in [1.29, 1.82) is 0 Å². The molecule has 0 aliphatic heterocycles. The van der Waals surface area contributed by atoms with Crippen LogP contribution in [0.15, 0.2) is 0 Å². The number of esters is 1. The first-order chi connectivity index (χ1) is 12.7. The monoisotopic (exact) mass is 374 g/mol. The van der Waals surface area contributed by atoms with Gasteiger partial charge in [-0.3, -0.25) is 4.79 Å². The molecule has 5 heteroatoms. The number of hydrogen-bond donors (Lipinski definition) is 0. The van der Waals surface area contributed by atoms with Crippen molar-refractivity contribution < 1.29 is 23.7 Å². The lowest BCUT2D eigenvalue weighted by Gasteiger charge is -2.08. The van der Waals surface area contributed by atoms with Gasteiger partial charge in [0.2, 0.25) is 0 Å². The van der Waals surface area contributed by atoms with Crippen LogP contribution in [0, 0.1) is 5.92 Å². The first-order valence-electron chi connectivity index (χ1n) is 10.6. The topological polar surface area (TPSA) is 54.0 Å². The second kappa shape index (κ2) is 20.7. The van der Waals surface area contributed by atoms with Crippen molar-refractivity contribution in [1.82, 2.24) is 0 Å². The first kappa shape index (κ1) is 25.4. The molecule has 0 heterocycles. The molecule has 0 spiro atoms. The Hall–Kier alpha value is -0.650. The van der Waals surface area contributed by atoms with Crippen LogP contribution in [0.5, 0.6) is 0 Å². The van der Waals surface area contributed by atoms with Gasteiger partial charge in [0.05, 0.1) is 33.0 Å². The third-order valence-electron chi connectivity index (χ3n) is 3.88. The van der Waals surface area contributed by atoms with E-state index in [0.29, 0.717) is 58.4 Å². The molecule has 0 saturated carbocycles. The molecular formula is C21H42O5. The van der Waals surface area contributed by atoms with E-state index >= 15 is 0 Å². The van der Waals surface area contributed by atoms with Gasteiger partial charge in [0, 0.05) is 19.6 Å². The van der Waals surface area contributed by atoms with Crippen LogP contribution in [0.25, 0.3) is 0 Å². The fraction of sp³-hybridized carbons (Fsp3) is 0.952. The van der Waals surface area contributed by atoms with Gasteiger partial charge in [-0.2, -0.15) is 0 Å². The highest BCUT2D eigenvalue weighted by atomic mass is 16.5. The number of ether oxygens (including phenoxy) is 4. The molecule has 0 rings (SSSR count). The fourth-order valence-electron chi connectivity index (χ4n) is 2.39. The molecule has 0 aliphatic carbocycles. The van der Waals surface area contributed by atoms with E-state index in [2.05, 4.69) is 20.8 Å². The predicted molar refractivity (Wildman–Crippen MR) is 105 cm³/mol. The minimum Gasteiger partial charge on any atom is -0.466 e. The first-order valence-corrected chi connectivity index (χ1v) is 10.6. The summed E-state index contributed by atoms with van der Waals surface area (Å²) in [6.45, 7) is 10.7. The van der Waals surface area contributed by atoms with Gasteiger partial charge in [-0.15, -0.1) is 0 Å². The highest BCUT2D eigenvalue weighted by Crippen LogP contribution is 2.07. The third kappa shape index (κ3) is 21.4. The minimum absolute atomic E-state index is 0.113. The van der Waals surface area contributed by atoms with Crippen molar-refractivity contribution in [3.8, 4) is 0 Å². The summed E-state index contributed by atoms with van der Waals surface area (Å²) in [5.74, 6) is 0.443. The molecule has 0 aromatic rings. The Kier molecular flexibility index (Phi) is 20.1. The zero-order valence-corrected chi connectivity index (χ0v) is 17.4. The van der Waals surface area contributed by atoms with Crippen LogP contribution in [-0.2, 0) is 23.7 Å². The lowest BCUT2D eigenvalue weighted by atomic mass is 10.1. The average Bonchev–Trinajstić information content (AvgIpc) is 2.61. The average molecular weight is 375 g/mol. The Labute approximate surface area is 161 Å². The largest absolute Gasteiger partial charge is 0.466 e. The van der Waals surface area contributed by atoms with Gasteiger partial charge < -0.3 is 18.9 Å². The summed E-state index contributed by atoms with van der Waals surface area (Å²) in [6, 6.07) is 0. The molecule has 0 unspecified atom stereocenters. The van der Waals surface area contributed by atoms with Crippen molar-refractivity contribution in [2.45, 2.75) is 78.6 Å². The molecule has 0 bridgehead atoms. The van der Waals surface area contributed by atoms with Crippen LogP contribution in [-0.4, -0.2) is 52.2 Å². The van der Waals surface area contributed by atoms with Crippen molar-refractivity contribution in [2.75, 3.05) is 46.2 Å². The molecule has 0 atom stereocenters. The second-order valence-electron chi connectivity index (χ2n) is 7.14. The van der Waals surface area contributed by atoms with Crippen LogP contribution >= 0.6 is 0 Å². The fourth-order valence-corrected chi connectivity index (χ4v) is 2.39. The maximum absolute atomic E-state index is 11.6. The predicted octanol–water partition coefficient (Wildman–Crippen LogP) is 4.77. The summed E-state index contributed by atoms with van der Waals surface area (Å²) in [5.41, 5.74) is 0. The molecule has 0 aromatic carbocycles. The number of unbranched alkanes of at least 4 members (excludes halogenated alkanes) is 6. The Morgan fingerprint density at radius 2 is 1.27 bits per heavy atom. The van der Waals surface area contributed by atoms with Crippen LogP contribution in [0.2, 0.25) is 0 Å². The van der Waals surface area contributed by atoms with Crippen molar-refractivity contribution >= 4 is 5.97 Å². The molecule has 0 fully saturated rings. The highest BCUT2D eigenvalue weighted by Gasteiger charge is 2.02. The number of carbonyl (C=O) groups excluding carboxylic acids is 1. The summed E-state index contributed by atoms with van der Waals surface area (Å²) >= 11 is 0. The maximum Gasteiger partial charge on any atom is 0.305 e. The molecule has 0 saturated heterocycles. The molecule has 0 amide bonds. The van der Waals surface area contributed by atoms with E-state index in [4.69, 9.17) is 18.9 Å². The van der Waals surface area contributed by atoms with E-state index in [1.165, 1.54) is 32.1 Å². The maximum atomic E-state index is 11.6. The lowest BCUT2D eigenvalue weighted by Crippen LogP contribution is -2.12. The van der Waals surface area contributed by atoms with E-state index < -0.39 is 0 Å². The van der Waals surface area contributed by atoms with Crippen molar-refractivity contribution in [3.63, 3.8) is 0 Å². The van der Waals surface area contributed by atoms with Gasteiger partial charge in [-0.05, 0) is 18.8 Å². The van der Waals surface area contributed by atoms with Gasteiger partial charge in [0.25, 0.3) is 0 Å². The van der Waals surface area contributed by atoms with E-state index in [0.717, 1.165) is 19.4 Å². The SMILES string of the molecule is CCCCCCCCCOC(=O)CCCOCCOCCOCC(C)C. The highest BCUT2D eigenvalue weighted by molar-refractivity contribution is 5.69. The molecule has 0 aliphatic rings. The Balaban J connectivity index is 3.15. The molecule has 5 nitrogen and oxygen atoms in total. The molecule has 156 valence electrons. The summed E-state index contributed by atoms with van der Waals surface area (Å²) in [5, 5.41) is 0. The van der Waals surface area contributed by atoms with E-state index in [9.17, 15) is 4.79 Å². The van der Waals surface area contributed by atoms with Crippen LogP contribution in [0.1, 0.15) is 78.6 Å². The molecule has 0 N–H and O–H groups in total. The normalized spacial score (nSPS) is 11.2. The number of hydrogen-bond acceptors (Lipinski definition) is 5. The smallest absolute Gasteiger partial charge is 0.305 e. The number of rotatable bonds is 20. The Bertz CT molecular complexity index is 294. The van der Waals surface area contributed by atoms with E-state index in [1.807, 2.05) is 0 Å². The zero-order valence-electron chi connectivity index (χ0n) is 17.4. The second-order valence-corrected chi connectivity index (χ2v) is 7.14. The zero-order chi connectivity index (χ0) is 19.3. The summed E-state index contributed by atoms with van der Waals surface area (Å²) in [6.07, 6.45) is 9.75. The Morgan fingerprint density at radius 1 is 0.692 bits per heavy atom. The molecule has 0 radical (unpaired) electrons. The number of carbonyl (C=O) groups is 1. The molecular weight excluding hydrogens is 332 g/mol. The third-order valence-corrected chi connectivity index (χ3v) is 3.88.